The van der Waals surface area contributed by atoms with E-state index in [2.05, 4.69) is 22.2 Å². The molecule has 0 aliphatic carbocycles. The van der Waals surface area contributed by atoms with Gasteiger partial charge in [0.25, 0.3) is 0 Å². The largest absolute Gasteiger partial charge is 0.396 e. The van der Waals surface area contributed by atoms with Crippen molar-refractivity contribution < 1.29 is 5.11 Å². The van der Waals surface area contributed by atoms with Crippen molar-refractivity contribution in [2.75, 3.05) is 18.5 Å². The minimum absolute atomic E-state index is 0.260. The zero-order chi connectivity index (χ0) is 12.8. The zero-order valence-corrected chi connectivity index (χ0v) is 10.6. The minimum Gasteiger partial charge on any atom is -0.396 e. The molecule has 1 atom stereocenters. The van der Waals surface area contributed by atoms with Gasteiger partial charge in [0.1, 0.15) is 12.1 Å². The molecule has 0 bridgehead atoms. The van der Waals surface area contributed by atoms with Gasteiger partial charge in [-0.05, 0) is 30.9 Å². The Balaban J connectivity index is 1.95. The molecule has 1 unspecified atom stereocenters. The summed E-state index contributed by atoms with van der Waals surface area (Å²) in [6, 6.07) is 7.97. The standard InChI is InChI=1S/C14H19N3O/c1-11(9-18)5-4-8-15-14-12-6-2-3-7-13(12)16-10-17-14/h2-3,6-7,10-11,18H,4-5,8-9H2,1H3,(H,15,16,17). The predicted octanol–water partition coefficient (Wildman–Crippen LogP) is 2.45. The van der Waals surface area contributed by atoms with Gasteiger partial charge in [0, 0.05) is 18.5 Å². The molecular weight excluding hydrogens is 226 g/mol. The number of fused-ring (bicyclic) bond motifs is 1. The molecule has 4 heteroatoms. The van der Waals surface area contributed by atoms with E-state index >= 15 is 0 Å². The van der Waals surface area contributed by atoms with E-state index in [4.69, 9.17) is 5.11 Å². The van der Waals surface area contributed by atoms with Crippen LogP contribution >= 0.6 is 0 Å². The molecule has 96 valence electrons. The second-order valence-corrected chi connectivity index (χ2v) is 4.60. The monoisotopic (exact) mass is 245 g/mol. The molecule has 1 aromatic heterocycles. The van der Waals surface area contributed by atoms with E-state index in [1.165, 1.54) is 0 Å². The SMILES string of the molecule is CC(CO)CCCNc1ncnc2ccccc12. The lowest BCUT2D eigenvalue weighted by Crippen LogP contribution is -2.07. The molecule has 1 aromatic carbocycles. The Hall–Kier alpha value is -1.68. The molecule has 0 aliphatic heterocycles. The Kier molecular flexibility index (Phi) is 4.47. The molecule has 2 rings (SSSR count). The third kappa shape index (κ3) is 3.17. The summed E-state index contributed by atoms with van der Waals surface area (Å²) >= 11 is 0. The van der Waals surface area contributed by atoms with Gasteiger partial charge in [-0.15, -0.1) is 0 Å². The number of anilines is 1. The maximum absolute atomic E-state index is 8.95. The van der Waals surface area contributed by atoms with Crippen molar-refractivity contribution in [3.05, 3.63) is 30.6 Å². The molecule has 1 heterocycles. The Morgan fingerprint density at radius 1 is 1.28 bits per heavy atom. The average Bonchev–Trinajstić information content (AvgIpc) is 2.43. The van der Waals surface area contributed by atoms with E-state index < -0.39 is 0 Å². The summed E-state index contributed by atoms with van der Waals surface area (Å²) in [7, 11) is 0. The molecule has 2 N–H and O–H groups in total. The van der Waals surface area contributed by atoms with Gasteiger partial charge < -0.3 is 10.4 Å². The number of para-hydroxylation sites is 1. The van der Waals surface area contributed by atoms with Gasteiger partial charge in [0.15, 0.2) is 0 Å². The summed E-state index contributed by atoms with van der Waals surface area (Å²) in [5.74, 6) is 1.26. The molecule has 0 saturated heterocycles. The van der Waals surface area contributed by atoms with Crippen molar-refractivity contribution in [3.63, 3.8) is 0 Å². The van der Waals surface area contributed by atoms with Gasteiger partial charge in [-0.25, -0.2) is 9.97 Å². The lowest BCUT2D eigenvalue weighted by molar-refractivity contribution is 0.229. The van der Waals surface area contributed by atoms with Crippen LogP contribution in [0.4, 0.5) is 5.82 Å². The van der Waals surface area contributed by atoms with Gasteiger partial charge in [-0.1, -0.05) is 19.1 Å². The van der Waals surface area contributed by atoms with Crippen LogP contribution in [0.3, 0.4) is 0 Å². The molecule has 0 spiro atoms. The number of benzene rings is 1. The summed E-state index contributed by atoms with van der Waals surface area (Å²) in [5.41, 5.74) is 0.957. The quantitative estimate of drug-likeness (QED) is 0.767. The smallest absolute Gasteiger partial charge is 0.137 e. The molecule has 0 amide bonds. The third-order valence-corrected chi connectivity index (χ3v) is 3.02. The van der Waals surface area contributed by atoms with Crippen LogP contribution in [0.2, 0.25) is 0 Å². The van der Waals surface area contributed by atoms with E-state index in [0.717, 1.165) is 36.1 Å². The maximum Gasteiger partial charge on any atom is 0.137 e. The van der Waals surface area contributed by atoms with Gasteiger partial charge in [-0.3, -0.25) is 0 Å². The minimum atomic E-state index is 0.260. The van der Waals surface area contributed by atoms with E-state index in [-0.39, 0.29) is 6.61 Å². The van der Waals surface area contributed by atoms with Crippen LogP contribution in [0.25, 0.3) is 10.9 Å². The Labute approximate surface area is 107 Å². The van der Waals surface area contributed by atoms with Crippen LogP contribution in [0.1, 0.15) is 19.8 Å². The molecule has 0 fully saturated rings. The van der Waals surface area contributed by atoms with Crippen LogP contribution in [-0.4, -0.2) is 28.2 Å². The van der Waals surface area contributed by atoms with Crippen LogP contribution in [0, 0.1) is 5.92 Å². The number of aliphatic hydroxyl groups is 1. The first kappa shape index (κ1) is 12.8. The third-order valence-electron chi connectivity index (χ3n) is 3.02. The van der Waals surface area contributed by atoms with E-state index in [0.29, 0.717) is 5.92 Å². The second-order valence-electron chi connectivity index (χ2n) is 4.60. The van der Waals surface area contributed by atoms with Crippen LogP contribution in [-0.2, 0) is 0 Å². The Bertz CT molecular complexity index is 496. The molecule has 4 nitrogen and oxygen atoms in total. The highest BCUT2D eigenvalue weighted by atomic mass is 16.3. The Morgan fingerprint density at radius 3 is 2.94 bits per heavy atom. The van der Waals surface area contributed by atoms with Crippen LogP contribution in [0.15, 0.2) is 30.6 Å². The van der Waals surface area contributed by atoms with Gasteiger partial charge >= 0.3 is 0 Å². The molecular formula is C14H19N3O. The van der Waals surface area contributed by atoms with Crippen molar-refractivity contribution in [3.8, 4) is 0 Å². The average molecular weight is 245 g/mol. The first-order chi connectivity index (χ1) is 8.81. The zero-order valence-electron chi connectivity index (χ0n) is 10.6. The maximum atomic E-state index is 8.95. The van der Waals surface area contributed by atoms with E-state index in [1.54, 1.807) is 6.33 Å². The topological polar surface area (TPSA) is 58.0 Å². The van der Waals surface area contributed by atoms with Crippen molar-refractivity contribution in [1.82, 2.24) is 9.97 Å². The number of nitrogens with one attached hydrogen (secondary N) is 1. The van der Waals surface area contributed by atoms with Crippen LogP contribution < -0.4 is 5.32 Å². The number of aromatic nitrogens is 2. The highest BCUT2D eigenvalue weighted by Crippen LogP contribution is 2.18. The summed E-state index contributed by atoms with van der Waals surface area (Å²) in [4.78, 5) is 8.50. The second kappa shape index (κ2) is 6.31. The predicted molar refractivity (Wildman–Crippen MR) is 73.5 cm³/mol. The summed E-state index contributed by atoms with van der Waals surface area (Å²) in [6.07, 6.45) is 3.63. The highest BCUT2D eigenvalue weighted by molar-refractivity contribution is 5.88. The highest BCUT2D eigenvalue weighted by Gasteiger charge is 2.03. The molecule has 2 aromatic rings. The first-order valence-electron chi connectivity index (χ1n) is 6.35. The molecule has 0 saturated carbocycles. The summed E-state index contributed by atoms with van der Waals surface area (Å²) < 4.78 is 0. The molecule has 0 radical (unpaired) electrons. The van der Waals surface area contributed by atoms with Crippen molar-refractivity contribution >= 4 is 16.7 Å². The van der Waals surface area contributed by atoms with E-state index in [1.807, 2.05) is 24.3 Å². The summed E-state index contributed by atoms with van der Waals surface area (Å²) in [5, 5.41) is 13.3. The van der Waals surface area contributed by atoms with Gasteiger partial charge in [-0.2, -0.15) is 0 Å². The van der Waals surface area contributed by atoms with Crippen molar-refractivity contribution in [1.29, 1.82) is 0 Å². The van der Waals surface area contributed by atoms with Crippen molar-refractivity contribution in [2.24, 2.45) is 5.92 Å². The Morgan fingerprint density at radius 2 is 2.11 bits per heavy atom. The molecule has 18 heavy (non-hydrogen) atoms. The number of hydrogen-bond donors (Lipinski definition) is 2. The normalized spacial score (nSPS) is 12.6. The first-order valence-corrected chi connectivity index (χ1v) is 6.35. The van der Waals surface area contributed by atoms with Crippen LogP contribution in [0.5, 0.6) is 0 Å². The summed E-state index contributed by atoms with van der Waals surface area (Å²) in [6.45, 7) is 3.18. The number of aliphatic hydroxyl groups excluding tert-OH is 1. The van der Waals surface area contributed by atoms with Crippen molar-refractivity contribution in [2.45, 2.75) is 19.8 Å². The fraction of sp³-hybridized carbons (Fsp3) is 0.429. The fourth-order valence-electron chi connectivity index (χ4n) is 1.89. The fourth-order valence-corrected chi connectivity index (χ4v) is 1.89. The lowest BCUT2D eigenvalue weighted by atomic mass is 10.1. The van der Waals surface area contributed by atoms with Gasteiger partial charge in [0.05, 0.1) is 5.52 Å². The van der Waals surface area contributed by atoms with Gasteiger partial charge in [0.2, 0.25) is 0 Å². The number of nitrogens with zero attached hydrogens (tertiary/aromatic N) is 2. The lowest BCUT2D eigenvalue weighted by Gasteiger charge is -2.10. The number of hydrogen-bond acceptors (Lipinski definition) is 4. The molecule has 0 aliphatic rings. The number of rotatable bonds is 6. The van der Waals surface area contributed by atoms with E-state index in [9.17, 15) is 0 Å².